The monoisotopic (exact) mass is 511 g/mol. The minimum absolute atomic E-state index is 0.0323. The minimum atomic E-state index is -0.704. The van der Waals surface area contributed by atoms with Crippen LogP contribution in [-0.2, 0) is 24.4 Å². The maximum Gasteiger partial charge on any atom is 0.407 e. The molecule has 198 valence electrons. The van der Waals surface area contributed by atoms with Crippen molar-refractivity contribution in [2.75, 3.05) is 6.54 Å². The summed E-state index contributed by atoms with van der Waals surface area (Å²) >= 11 is 0. The predicted octanol–water partition coefficient (Wildman–Crippen LogP) is 4.99. The van der Waals surface area contributed by atoms with E-state index in [1.807, 2.05) is 57.3 Å². The van der Waals surface area contributed by atoms with Crippen molar-refractivity contribution in [3.8, 4) is 0 Å². The highest BCUT2D eigenvalue weighted by Gasteiger charge is 2.46. The molecule has 1 aromatic carbocycles. The molecule has 2 aromatic rings. The van der Waals surface area contributed by atoms with E-state index in [-0.39, 0.29) is 24.1 Å². The van der Waals surface area contributed by atoms with Crippen molar-refractivity contribution in [1.29, 1.82) is 0 Å². The first-order valence-corrected chi connectivity index (χ1v) is 12.9. The number of benzene rings is 1. The van der Waals surface area contributed by atoms with Gasteiger partial charge in [-0.15, -0.1) is 0 Å². The number of rotatable bonds is 5. The number of fused-ring (bicyclic) bond motifs is 1. The second-order valence-corrected chi connectivity index (χ2v) is 11.3. The second kappa shape index (κ2) is 10.4. The van der Waals surface area contributed by atoms with Gasteiger partial charge in [-0.25, -0.2) is 13.6 Å². The molecule has 0 radical (unpaired) electrons. The zero-order chi connectivity index (χ0) is 26.2. The number of nitrogens with one attached hydrogen (secondary N) is 2. The molecular weight excluding hydrogens is 476 g/mol. The maximum absolute atomic E-state index is 15.3. The minimum Gasteiger partial charge on any atom is -0.444 e. The van der Waals surface area contributed by atoms with Gasteiger partial charge in [-0.3, -0.25) is 14.9 Å². The van der Waals surface area contributed by atoms with Crippen molar-refractivity contribution in [3.05, 3.63) is 77.2 Å². The maximum atomic E-state index is 15.3. The van der Waals surface area contributed by atoms with Gasteiger partial charge in [0.15, 0.2) is 0 Å². The van der Waals surface area contributed by atoms with Gasteiger partial charge in [0.05, 0.1) is 11.9 Å². The van der Waals surface area contributed by atoms with Crippen LogP contribution >= 0.6 is 0 Å². The molecule has 0 spiro atoms. The zero-order valence-electron chi connectivity index (χ0n) is 21.6. The van der Waals surface area contributed by atoms with Gasteiger partial charge in [-0.05, 0) is 44.9 Å². The summed E-state index contributed by atoms with van der Waals surface area (Å²) in [6.07, 6.45) is 4.30. The molecule has 3 unspecified atom stereocenters. The van der Waals surface area contributed by atoms with Gasteiger partial charge in [-0.1, -0.05) is 30.3 Å². The second-order valence-electron chi connectivity index (χ2n) is 11.3. The number of hydrogen-bond acceptors (Lipinski definition) is 5. The number of ether oxygens (including phenoxy) is 1. The summed E-state index contributed by atoms with van der Waals surface area (Å²) in [6, 6.07) is 9.20. The van der Waals surface area contributed by atoms with E-state index in [9.17, 15) is 9.18 Å². The quantitative estimate of drug-likeness (QED) is 0.592. The molecule has 1 aliphatic carbocycles. The number of H-pyrrole nitrogens is 1. The van der Waals surface area contributed by atoms with E-state index in [4.69, 9.17) is 4.74 Å². The Kier molecular flexibility index (Phi) is 7.18. The number of carbonyl (C=O) groups is 1. The first-order valence-electron chi connectivity index (χ1n) is 12.9. The van der Waals surface area contributed by atoms with Crippen LogP contribution in [0.25, 0.3) is 0 Å². The highest BCUT2D eigenvalue weighted by Crippen LogP contribution is 2.39. The van der Waals surface area contributed by atoms with Crippen LogP contribution < -0.4 is 5.32 Å². The molecule has 2 aliphatic heterocycles. The van der Waals surface area contributed by atoms with Gasteiger partial charge >= 0.3 is 6.09 Å². The molecule has 1 fully saturated rings. The van der Waals surface area contributed by atoms with Crippen molar-refractivity contribution in [3.63, 3.8) is 0 Å². The Morgan fingerprint density at radius 2 is 1.97 bits per heavy atom. The predicted molar refractivity (Wildman–Crippen MR) is 137 cm³/mol. The average Bonchev–Trinajstić information content (AvgIpc) is 3.43. The van der Waals surface area contributed by atoms with Gasteiger partial charge in [0.1, 0.15) is 17.3 Å². The Hall–Kier alpha value is -3.04. The van der Waals surface area contributed by atoms with Crippen molar-refractivity contribution < 1.29 is 18.3 Å². The molecule has 1 saturated heterocycles. The van der Waals surface area contributed by atoms with Gasteiger partial charge in [0.25, 0.3) is 0 Å². The standard InChI is InChI=1S/C28H35F2N5O2/c1-28(2,3)37-27(36)32-24-12-21(34-15-19-13-31-33-25(19)17-34)16-35(14-18-7-5-4-6-8-18)26(24)22-11-20(29)9-10-23(22)30/h4-10,13,21-22,24,26H,11-12,14-17H2,1-3H3,(H,31,33)(H,32,36)/t21?,22?,24?,26-/m1/s1. The number of allylic oxidation sites excluding steroid dienone is 3. The Morgan fingerprint density at radius 1 is 1.19 bits per heavy atom. The number of alkyl carbamates (subject to hydrolysis) is 1. The molecule has 4 atom stereocenters. The topological polar surface area (TPSA) is 73.5 Å². The largest absolute Gasteiger partial charge is 0.444 e. The first-order chi connectivity index (χ1) is 17.7. The van der Waals surface area contributed by atoms with Crippen molar-refractivity contribution in [2.45, 2.75) is 77.0 Å². The summed E-state index contributed by atoms with van der Waals surface area (Å²) in [5.74, 6) is -1.42. The van der Waals surface area contributed by atoms with Crippen molar-refractivity contribution in [1.82, 2.24) is 25.3 Å². The van der Waals surface area contributed by atoms with Crippen LogP contribution in [0.2, 0.25) is 0 Å². The van der Waals surface area contributed by atoms with E-state index in [1.54, 1.807) is 0 Å². The highest BCUT2D eigenvalue weighted by atomic mass is 19.1. The molecule has 1 aromatic heterocycles. The van der Waals surface area contributed by atoms with Crippen LogP contribution in [0.4, 0.5) is 13.6 Å². The summed E-state index contributed by atoms with van der Waals surface area (Å²) in [6.45, 7) is 8.15. The van der Waals surface area contributed by atoms with Crippen LogP contribution in [0, 0.1) is 5.92 Å². The number of amides is 1. The number of aromatic amines is 1. The summed E-state index contributed by atoms with van der Waals surface area (Å²) in [7, 11) is 0. The fraction of sp³-hybridized carbons (Fsp3) is 0.500. The van der Waals surface area contributed by atoms with Crippen molar-refractivity contribution in [2.24, 2.45) is 5.92 Å². The van der Waals surface area contributed by atoms with Gasteiger partial charge < -0.3 is 10.1 Å². The lowest BCUT2D eigenvalue weighted by molar-refractivity contribution is -0.00255. The van der Waals surface area contributed by atoms with E-state index >= 15 is 4.39 Å². The summed E-state index contributed by atoms with van der Waals surface area (Å²) in [5, 5.41) is 10.3. The third-order valence-corrected chi connectivity index (χ3v) is 7.40. The molecule has 37 heavy (non-hydrogen) atoms. The van der Waals surface area contributed by atoms with Crippen LogP contribution in [0.15, 0.2) is 60.3 Å². The van der Waals surface area contributed by atoms with E-state index in [0.29, 0.717) is 19.5 Å². The molecule has 5 rings (SSSR count). The Labute approximate surface area is 216 Å². The molecule has 3 heterocycles. The van der Waals surface area contributed by atoms with E-state index in [0.717, 1.165) is 24.3 Å². The molecule has 1 amide bonds. The summed E-state index contributed by atoms with van der Waals surface area (Å²) < 4.78 is 35.3. The molecule has 9 heteroatoms. The Balaban J connectivity index is 1.47. The molecule has 0 saturated carbocycles. The smallest absolute Gasteiger partial charge is 0.407 e. The molecule has 0 bridgehead atoms. The fourth-order valence-corrected chi connectivity index (χ4v) is 5.84. The Bertz CT molecular complexity index is 1150. The number of nitrogens with zero attached hydrogens (tertiary/aromatic N) is 3. The normalized spacial score (nSPS) is 26.8. The van der Waals surface area contributed by atoms with Gasteiger partial charge in [0.2, 0.25) is 0 Å². The number of aromatic nitrogens is 2. The number of likely N-dealkylation sites (tertiary alicyclic amines) is 1. The number of carbonyl (C=O) groups excluding carboxylic acids is 1. The van der Waals surface area contributed by atoms with Gasteiger partial charge in [-0.2, -0.15) is 5.10 Å². The molecule has 7 nitrogen and oxygen atoms in total. The summed E-state index contributed by atoms with van der Waals surface area (Å²) in [5.41, 5.74) is 2.67. The zero-order valence-corrected chi connectivity index (χ0v) is 21.6. The molecule has 2 N–H and O–H groups in total. The average molecular weight is 512 g/mol. The SMILES string of the molecule is CC(C)(C)OC(=O)NC1CC(N2Cc3cn[nH]c3C2)CN(Cc2ccccc2)[C@@H]1C1CC(F)=CC=C1F. The number of halogens is 2. The first kappa shape index (κ1) is 25.6. The van der Waals surface area contributed by atoms with Crippen LogP contribution in [0.1, 0.15) is 50.4 Å². The number of hydrogen-bond donors (Lipinski definition) is 2. The van der Waals surface area contributed by atoms with E-state index in [1.165, 1.54) is 17.7 Å². The lowest BCUT2D eigenvalue weighted by atomic mass is 9.79. The van der Waals surface area contributed by atoms with Crippen LogP contribution in [-0.4, -0.2) is 56.4 Å². The van der Waals surface area contributed by atoms with E-state index in [2.05, 4.69) is 25.3 Å². The lowest BCUT2D eigenvalue weighted by Crippen LogP contribution is -2.64. The molecular formula is C28H35F2N5O2. The Morgan fingerprint density at radius 3 is 2.70 bits per heavy atom. The van der Waals surface area contributed by atoms with E-state index < -0.39 is 29.7 Å². The third-order valence-electron chi connectivity index (χ3n) is 7.40. The van der Waals surface area contributed by atoms with Crippen LogP contribution in [0.3, 0.4) is 0 Å². The lowest BCUT2D eigenvalue weighted by Gasteiger charge is -2.50. The van der Waals surface area contributed by atoms with Crippen molar-refractivity contribution >= 4 is 6.09 Å². The third kappa shape index (κ3) is 5.93. The molecule has 3 aliphatic rings. The summed E-state index contributed by atoms with van der Waals surface area (Å²) in [4.78, 5) is 17.5. The fourth-order valence-electron chi connectivity index (χ4n) is 5.84. The highest BCUT2D eigenvalue weighted by molar-refractivity contribution is 5.68. The van der Waals surface area contributed by atoms with Gasteiger partial charge in [0, 0.05) is 62.2 Å². The number of piperidine rings is 1. The van der Waals surface area contributed by atoms with Crippen LogP contribution in [0.5, 0.6) is 0 Å².